The van der Waals surface area contributed by atoms with Crippen LogP contribution in [0.1, 0.15) is 15.9 Å². The van der Waals surface area contributed by atoms with Crippen molar-refractivity contribution in [3.63, 3.8) is 0 Å². The van der Waals surface area contributed by atoms with Crippen LogP contribution in [-0.4, -0.2) is 15.7 Å². The molecule has 0 aliphatic carbocycles. The zero-order valence-electron chi connectivity index (χ0n) is 12.3. The van der Waals surface area contributed by atoms with Crippen molar-refractivity contribution in [1.82, 2.24) is 9.78 Å². The highest BCUT2D eigenvalue weighted by Gasteiger charge is 2.12. The molecule has 0 saturated heterocycles. The van der Waals surface area contributed by atoms with E-state index in [0.717, 1.165) is 5.56 Å². The SMILES string of the molecule is O=C(Nc1cnn(Cc2cccc(F)c2)c1)c1ccc(Cl)cc1Cl. The van der Waals surface area contributed by atoms with E-state index in [4.69, 9.17) is 23.2 Å². The van der Waals surface area contributed by atoms with E-state index < -0.39 is 0 Å². The molecule has 0 aliphatic heterocycles. The summed E-state index contributed by atoms with van der Waals surface area (Å²) in [4.78, 5) is 12.2. The predicted octanol–water partition coefficient (Wildman–Crippen LogP) is 4.63. The van der Waals surface area contributed by atoms with Crippen molar-refractivity contribution in [2.75, 3.05) is 5.32 Å². The van der Waals surface area contributed by atoms with E-state index in [1.807, 2.05) is 0 Å². The fourth-order valence-electron chi connectivity index (χ4n) is 2.21. The van der Waals surface area contributed by atoms with Crippen molar-refractivity contribution in [2.45, 2.75) is 6.54 Å². The van der Waals surface area contributed by atoms with Crippen molar-refractivity contribution in [2.24, 2.45) is 0 Å². The fraction of sp³-hybridized carbons (Fsp3) is 0.0588. The Bertz CT molecular complexity index is 895. The number of halogens is 3. The van der Waals surface area contributed by atoms with Crippen LogP contribution in [0.4, 0.5) is 10.1 Å². The largest absolute Gasteiger partial charge is 0.319 e. The molecule has 122 valence electrons. The molecule has 0 aliphatic rings. The van der Waals surface area contributed by atoms with E-state index in [1.54, 1.807) is 35.1 Å². The quantitative estimate of drug-likeness (QED) is 0.734. The molecule has 3 aromatic rings. The molecule has 1 heterocycles. The minimum absolute atomic E-state index is 0.271. The summed E-state index contributed by atoms with van der Waals surface area (Å²) in [5, 5.41) is 7.59. The van der Waals surface area contributed by atoms with Crippen LogP contribution in [0.25, 0.3) is 0 Å². The molecule has 1 aromatic heterocycles. The average Bonchev–Trinajstić information content (AvgIpc) is 2.94. The monoisotopic (exact) mass is 363 g/mol. The number of nitrogens with one attached hydrogen (secondary N) is 1. The summed E-state index contributed by atoms with van der Waals surface area (Å²) < 4.78 is 14.8. The summed E-state index contributed by atoms with van der Waals surface area (Å²) in [5.74, 6) is -0.660. The van der Waals surface area contributed by atoms with Crippen molar-refractivity contribution in [3.05, 3.63) is 81.8 Å². The van der Waals surface area contributed by atoms with Gasteiger partial charge in [-0.3, -0.25) is 9.48 Å². The van der Waals surface area contributed by atoms with Gasteiger partial charge in [0, 0.05) is 11.2 Å². The summed E-state index contributed by atoms with van der Waals surface area (Å²) in [7, 11) is 0. The lowest BCUT2D eigenvalue weighted by Gasteiger charge is -2.05. The van der Waals surface area contributed by atoms with Crippen molar-refractivity contribution in [1.29, 1.82) is 0 Å². The predicted molar refractivity (Wildman–Crippen MR) is 92.1 cm³/mol. The summed E-state index contributed by atoms with van der Waals surface area (Å²) in [6.45, 7) is 0.398. The van der Waals surface area contributed by atoms with Crippen molar-refractivity contribution < 1.29 is 9.18 Å². The highest BCUT2D eigenvalue weighted by Crippen LogP contribution is 2.22. The Labute approximate surface area is 147 Å². The van der Waals surface area contributed by atoms with Crippen molar-refractivity contribution in [3.8, 4) is 0 Å². The number of amides is 1. The van der Waals surface area contributed by atoms with Gasteiger partial charge in [0.15, 0.2) is 0 Å². The summed E-state index contributed by atoms with van der Waals surface area (Å²) in [6, 6.07) is 10.9. The Balaban J connectivity index is 1.70. The first-order chi connectivity index (χ1) is 11.5. The molecule has 0 atom stereocenters. The molecule has 0 fully saturated rings. The third kappa shape index (κ3) is 3.93. The minimum Gasteiger partial charge on any atom is -0.319 e. The van der Waals surface area contributed by atoms with Gasteiger partial charge in [-0.2, -0.15) is 5.10 Å². The standard InChI is InChI=1S/C17H12Cl2FN3O/c18-12-4-5-15(16(19)7-12)17(24)22-14-8-21-23(10-14)9-11-2-1-3-13(20)6-11/h1-8,10H,9H2,(H,22,24). The molecule has 2 aromatic carbocycles. The Morgan fingerprint density at radius 1 is 1.21 bits per heavy atom. The topological polar surface area (TPSA) is 46.9 Å². The van der Waals surface area contributed by atoms with E-state index in [2.05, 4.69) is 10.4 Å². The van der Waals surface area contributed by atoms with E-state index in [0.29, 0.717) is 22.8 Å². The van der Waals surface area contributed by atoms with Crippen LogP contribution in [0.15, 0.2) is 54.9 Å². The van der Waals surface area contributed by atoms with Gasteiger partial charge in [-0.1, -0.05) is 35.3 Å². The fourth-order valence-corrected chi connectivity index (χ4v) is 2.70. The Morgan fingerprint density at radius 3 is 2.79 bits per heavy atom. The molecule has 1 N–H and O–H groups in total. The van der Waals surface area contributed by atoms with Crippen LogP contribution in [0.3, 0.4) is 0 Å². The van der Waals surface area contributed by atoms with Gasteiger partial charge in [-0.15, -0.1) is 0 Å². The zero-order chi connectivity index (χ0) is 17.1. The van der Waals surface area contributed by atoms with Gasteiger partial charge < -0.3 is 5.32 Å². The maximum atomic E-state index is 13.2. The smallest absolute Gasteiger partial charge is 0.257 e. The number of carbonyl (C=O) groups excluding carboxylic acids is 1. The summed E-state index contributed by atoms with van der Waals surface area (Å²) in [5.41, 5.74) is 1.61. The van der Waals surface area contributed by atoms with E-state index >= 15 is 0 Å². The normalized spacial score (nSPS) is 10.6. The molecule has 1 amide bonds. The summed E-state index contributed by atoms with van der Waals surface area (Å²) in [6.07, 6.45) is 3.17. The second kappa shape index (κ2) is 7.03. The van der Waals surface area contributed by atoms with E-state index in [-0.39, 0.29) is 16.7 Å². The molecule has 0 spiro atoms. The first kappa shape index (κ1) is 16.5. The van der Waals surface area contributed by atoms with Crippen LogP contribution in [0.2, 0.25) is 10.0 Å². The Hall–Kier alpha value is -2.37. The lowest BCUT2D eigenvalue weighted by Crippen LogP contribution is -2.12. The van der Waals surface area contributed by atoms with Crippen LogP contribution < -0.4 is 5.32 Å². The second-order valence-corrected chi connectivity index (χ2v) is 5.98. The number of nitrogens with zero attached hydrogens (tertiary/aromatic N) is 2. The van der Waals surface area contributed by atoms with Gasteiger partial charge in [-0.05, 0) is 35.9 Å². The lowest BCUT2D eigenvalue weighted by molar-refractivity contribution is 0.102. The molecule has 3 rings (SSSR count). The third-order valence-electron chi connectivity index (χ3n) is 3.30. The van der Waals surface area contributed by atoms with Crippen LogP contribution in [0.5, 0.6) is 0 Å². The molecule has 0 saturated carbocycles. The maximum absolute atomic E-state index is 13.2. The van der Waals surface area contributed by atoms with Gasteiger partial charge in [0.1, 0.15) is 5.82 Å². The van der Waals surface area contributed by atoms with Crippen LogP contribution >= 0.6 is 23.2 Å². The lowest BCUT2D eigenvalue weighted by atomic mass is 10.2. The number of rotatable bonds is 4. The van der Waals surface area contributed by atoms with Gasteiger partial charge in [0.2, 0.25) is 0 Å². The van der Waals surface area contributed by atoms with Gasteiger partial charge in [-0.25, -0.2) is 4.39 Å². The number of anilines is 1. The van der Waals surface area contributed by atoms with E-state index in [1.165, 1.54) is 24.4 Å². The Kier molecular flexibility index (Phi) is 4.83. The van der Waals surface area contributed by atoms with Crippen LogP contribution in [0, 0.1) is 5.82 Å². The molecular formula is C17H12Cl2FN3O. The molecule has 24 heavy (non-hydrogen) atoms. The number of aromatic nitrogens is 2. The second-order valence-electron chi connectivity index (χ2n) is 5.13. The van der Waals surface area contributed by atoms with Gasteiger partial charge in [0.05, 0.1) is 29.0 Å². The maximum Gasteiger partial charge on any atom is 0.257 e. The van der Waals surface area contributed by atoms with E-state index in [9.17, 15) is 9.18 Å². The highest BCUT2D eigenvalue weighted by atomic mass is 35.5. The molecule has 7 heteroatoms. The first-order valence-corrected chi connectivity index (χ1v) is 7.80. The van der Waals surface area contributed by atoms with Gasteiger partial charge >= 0.3 is 0 Å². The molecule has 0 bridgehead atoms. The Morgan fingerprint density at radius 2 is 2.04 bits per heavy atom. The van der Waals surface area contributed by atoms with Crippen molar-refractivity contribution >= 4 is 34.8 Å². The molecule has 4 nitrogen and oxygen atoms in total. The first-order valence-electron chi connectivity index (χ1n) is 7.04. The number of carbonyl (C=O) groups is 1. The zero-order valence-corrected chi connectivity index (χ0v) is 13.9. The third-order valence-corrected chi connectivity index (χ3v) is 3.85. The minimum atomic E-state index is -0.359. The molecule has 0 radical (unpaired) electrons. The number of hydrogen-bond donors (Lipinski definition) is 1. The average molecular weight is 364 g/mol. The van der Waals surface area contributed by atoms with Crippen LogP contribution in [-0.2, 0) is 6.54 Å². The highest BCUT2D eigenvalue weighted by molar-refractivity contribution is 6.37. The molecule has 0 unspecified atom stereocenters. The van der Waals surface area contributed by atoms with Gasteiger partial charge in [0.25, 0.3) is 5.91 Å². The number of hydrogen-bond acceptors (Lipinski definition) is 2. The number of benzene rings is 2. The molecular weight excluding hydrogens is 352 g/mol. The summed E-state index contributed by atoms with van der Waals surface area (Å²) >= 11 is 11.8.